The predicted molar refractivity (Wildman–Crippen MR) is 66.2 cm³/mol. The van der Waals surface area contributed by atoms with Gasteiger partial charge in [-0.3, -0.25) is 9.36 Å². The number of hydrogen-bond acceptors (Lipinski definition) is 5. The molecule has 0 radical (unpaired) electrons. The number of aromatic nitrogens is 3. The maximum Gasteiger partial charge on any atom is 0.346 e. The minimum Gasteiger partial charge on any atom is -0.361 e. The number of aryl methyl sites for hydroxylation is 1. The van der Waals surface area contributed by atoms with Gasteiger partial charge in [0.15, 0.2) is 0 Å². The van der Waals surface area contributed by atoms with Gasteiger partial charge in [-0.15, -0.1) is 5.10 Å². The van der Waals surface area contributed by atoms with E-state index in [4.69, 9.17) is 0 Å². The summed E-state index contributed by atoms with van der Waals surface area (Å²) in [5.74, 6) is 1.08. The van der Waals surface area contributed by atoms with E-state index in [1.807, 2.05) is 13.2 Å². The van der Waals surface area contributed by atoms with Crippen LogP contribution in [0.3, 0.4) is 0 Å². The number of hydrogen-bond donors (Lipinski definition) is 1. The lowest BCUT2D eigenvalue weighted by Gasteiger charge is -2.13. The van der Waals surface area contributed by atoms with Crippen LogP contribution in [-0.2, 0) is 14.1 Å². The monoisotopic (exact) mass is 244 g/mol. The van der Waals surface area contributed by atoms with Crippen LogP contribution in [0.25, 0.3) is 0 Å². The third kappa shape index (κ3) is 2.66. The summed E-state index contributed by atoms with van der Waals surface area (Å²) in [5, 5.41) is 6.90. The molecule has 1 atom stereocenters. The zero-order valence-electron chi connectivity index (χ0n) is 9.85. The van der Waals surface area contributed by atoms with E-state index in [0.29, 0.717) is 0 Å². The zero-order valence-corrected chi connectivity index (χ0v) is 10.7. The van der Waals surface area contributed by atoms with Gasteiger partial charge in [0.25, 0.3) is 5.56 Å². The van der Waals surface area contributed by atoms with Crippen molar-refractivity contribution in [1.82, 2.24) is 14.3 Å². The molecule has 0 aliphatic rings. The van der Waals surface area contributed by atoms with E-state index in [2.05, 4.69) is 10.4 Å². The first-order valence-corrected chi connectivity index (χ1v) is 6.26. The molecule has 0 aliphatic carbocycles. The Bertz CT molecular complexity index is 479. The van der Waals surface area contributed by atoms with Crippen LogP contribution in [-0.4, -0.2) is 32.4 Å². The fourth-order valence-electron chi connectivity index (χ4n) is 1.31. The molecule has 90 valence electrons. The molecule has 16 heavy (non-hydrogen) atoms. The molecule has 6 nitrogen and oxygen atoms in total. The van der Waals surface area contributed by atoms with Gasteiger partial charge in [-0.25, -0.2) is 9.48 Å². The molecule has 1 heterocycles. The highest BCUT2D eigenvalue weighted by molar-refractivity contribution is 7.98. The molecule has 0 saturated heterocycles. The van der Waals surface area contributed by atoms with Gasteiger partial charge < -0.3 is 5.32 Å². The Labute approximate surface area is 97.7 Å². The zero-order chi connectivity index (χ0) is 12.3. The fourth-order valence-corrected chi connectivity index (χ4v) is 1.90. The van der Waals surface area contributed by atoms with Gasteiger partial charge >= 0.3 is 5.69 Å². The molecular formula is C9H16N4O2S. The largest absolute Gasteiger partial charge is 0.361 e. The van der Waals surface area contributed by atoms with Crippen LogP contribution in [0.4, 0.5) is 5.82 Å². The quantitative estimate of drug-likeness (QED) is 0.783. The first-order valence-electron chi connectivity index (χ1n) is 4.87. The summed E-state index contributed by atoms with van der Waals surface area (Å²) in [4.78, 5) is 23.1. The van der Waals surface area contributed by atoms with Crippen LogP contribution in [0, 0.1) is 0 Å². The van der Waals surface area contributed by atoms with Crippen LogP contribution in [0.15, 0.2) is 9.59 Å². The average Bonchev–Trinajstić information content (AvgIpc) is 2.23. The van der Waals surface area contributed by atoms with Gasteiger partial charge in [-0.2, -0.15) is 11.8 Å². The Kier molecular flexibility index (Phi) is 4.17. The molecule has 0 fully saturated rings. The molecule has 1 aromatic heterocycles. The van der Waals surface area contributed by atoms with E-state index < -0.39 is 11.2 Å². The summed E-state index contributed by atoms with van der Waals surface area (Å²) >= 11 is 1.68. The van der Waals surface area contributed by atoms with Crippen molar-refractivity contribution >= 4 is 17.6 Å². The highest BCUT2D eigenvalue weighted by Gasteiger charge is 2.10. The number of anilines is 1. The summed E-state index contributed by atoms with van der Waals surface area (Å²) in [7, 11) is 2.96. The van der Waals surface area contributed by atoms with Crippen LogP contribution >= 0.6 is 11.8 Å². The first-order chi connectivity index (χ1) is 7.47. The molecule has 1 N–H and O–H groups in total. The van der Waals surface area contributed by atoms with Crippen molar-refractivity contribution in [2.45, 2.75) is 13.0 Å². The lowest BCUT2D eigenvalue weighted by atomic mass is 10.4. The van der Waals surface area contributed by atoms with Crippen molar-refractivity contribution in [2.75, 3.05) is 17.3 Å². The van der Waals surface area contributed by atoms with Crippen molar-refractivity contribution in [3.8, 4) is 0 Å². The van der Waals surface area contributed by atoms with Crippen LogP contribution in [0.5, 0.6) is 0 Å². The van der Waals surface area contributed by atoms with Crippen LogP contribution in [0.1, 0.15) is 6.92 Å². The normalized spacial score (nSPS) is 12.5. The molecule has 0 bridgehead atoms. The molecule has 0 aliphatic heterocycles. The molecule has 0 amide bonds. The van der Waals surface area contributed by atoms with Gasteiger partial charge in [0.1, 0.15) is 0 Å². The molecule has 1 unspecified atom stereocenters. The molecule has 7 heteroatoms. The Morgan fingerprint density at radius 2 is 2.06 bits per heavy atom. The fraction of sp³-hybridized carbons (Fsp3) is 0.667. The Morgan fingerprint density at radius 3 is 2.62 bits per heavy atom. The third-order valence-corrected chi connectivity index (χ3v) is 2.95. The van der Waals surface area contributed by atoms with Crippen LogP contribution < -0.4 is 16.6 Å². The molecule has 0 spiro atoms. The van der Waals surface area contributed by atoms with Gasteiger partial charge in [0, 0.05) is 25.9 Å². The lowest BCUT2D eigenvalue weighted by Crippen LogP contribution is -2.41. The first kappa shape index (κ1) is 12.8. The SMILES string of the molecule is CSCC(C)Nc1nn(C)c(=O)n(C)c1=O. The Balaban J connectivity index is 3.07. The van der Waals surface area contributed by atoms with Gasteiger partial charge in [-0.05, 0) is 13.2 Å². The van der Waals surface area contributed by atoms with E-state index in [0.717, 1.165) is 15.0 Å². The maximum absolute atomic E-state index is 11.7. The minimum atomic E-state index is -0.423. The summed E-state index contributed by atoms with van der Waals surface area (Å²) in [6.07, 6.45) is 1.99. The molecule has 0 aromatic carbocycles. The van der Waals surface area contributed by atoms with Crippen LogP contribution in [0.2, 0.25) is 0 Å². The van der Waals surface area contributed by atoms with Crippen molar-refractivity contribution in [2.24, 2.45) is 14.1 Å². The summed E-state index contributed by atoms with van der Waals surface area (Å²) < 4.78 is 2.19. The molecule has 1 rings (SSSR count). The lowest BCUT2D eigenvalue weighted by molar-refractivity contribution is 0.602. The highest BCUT2D eigenvalue weighted by Crippen LogP contribution is 2.01. The number of rotatable bonds is 4. The Hall–Kier alpha value is -1.24. The average molecular weight is 244 g/mol. The second-order valence-corrected chi connectivity index (χ2v) is 4.53. The van der Waals surface area contributed by atoms with Crippen molar-refractivity contribution in [3.05, 3.63) is 20.8 Å². The summed E-state index contributed by atoms with van der Waals surface area (Å²) in [6.45, 7) is 1.96. The number of thioether (sulfide) groups is 1. The molecule has 0 saturated carbocycles. The second-order valence-electron chi connectivity index (χ2n) is 3.62. The van der Waals surface area contributed by atoms with E-state index in [-0.39, 0.29) is 11.9 Å². The van der Waals surface area contributed by atoms with Crippen molar-refractivity contribution in [1.29, 1.82) is 0 Å². The van der Waals surface area contributed by atoms with E-state index in [1.165, 1.54) is 14.1 Å². The standard InChI is InChI=1S/C9H16N4O2S/c1-6(5-16-4)10-7-8(14)12(2)9(15)13(3)11-7/h6H,5H2,1-4H3,(H,10,11). The summed E-state index contributed by atoms with van der Waals surface area (Å²) in [6, 6.07) is 0.132. The molecular weight excluding hydrogens is 228 g/mol. The van der Waals surface area contributed by atoms with Crippen molar-refractivity contribution < 1.29 is 0 Å². The summed E-state index contributed by atoms with van der Waals surface area (Å²) in [5.41, 5.74) is -0.816. The van der Waals surface area contributed by atoms with Gasteiger partial charge in [-0.1, -0.05) is 0 Å². The predicted octanol–water partition coefficient (Wildman–Crippen LogP) is -0.358. The highest BCUT2D eigenvalue weighted by atomic mass is 32.2. The minimum absolute atomic E-state index is 0.132. The van der Waals surface area contributed by atoms with E-state index in [9.17, 15) is 9.59 Å². The second kappa shape index (κ2) is 5.20. The van der Waals surface area contributed by atoms with E-state index in [1.54, 1.807) is 11.8 Å². The van der Waals surface area contributed by atoms with E-state index >= 15 is 0 Å². The van der Waals surface area contributed by atoms with Crippen molar-refractivity contribution in [3.63, 3.8) is 0 Å². The maximum atomic E-state index is 11.7. The number of nitrogens with one attached hydrogen (secondary N) is 1. The molecule has 1 aromatic rings. The topological polar surface area (TPSA) is 68.9 Å². The third-order valence-electron chi connectivity index (χ3n) is 2.12. The Morgan fingerprint density at radius 1 is 1.44 bits per heavy atom. The number of nitrogens with zero attached hydrogens (tertiary/aromatic N) is 3. The smallest absolute Gasteiger partial charge is 0.346 e. The van der Waals surface area contributed by atoms with Gasteiger partial charge in [0.2, 0.25) is 5.82 Å². The van der Waals surface area contributed by atoms with Gasteiger partial charge in [0.05, 0.1) is 0 Å².